The SMILES string of the molecule is C1CCC(C2CCC(C3CC4(CCC4)CN3)CN2)C1. The quantitative estimate of drug-likeness (QED) is 0.799. The Kier molecular flexibility index (Phi) is 3.35. The molecule has 2 saturated heterocycles. The summed E-state index contributed by atoms with van der Waals surface area (Å²) in [5, 5.41) is 7.77. The van der Waals surface area contributed by atoms with E-state index in [4.69, 9.17) is 0 Å². The summed E-state index contributed by atoms with van der Waals surface area (Å²) in [6.45, 7) is 2.61. The van der Waals surface area contributed by atoms with Gasteiger partial charge < -0.3 is 10.6 Å². The van der Waals surface area contributed by atoms with Crippen LogP contribution in [0.5, 0.6) is 0 Å². The average Bonchev–Trinajstić information content (AvgIpc) is 3.08. The summed E-state index contributed by atoms with van der Waals surface area (Å²) in [5.74, 6) is 1.92. The highest BCUT2D eigenvalue weighted by atomic mass is 15.0. The zero-order chi connectivity index (χ0) is 12.7. The van der Waals surface area contributed by atoms with E-state index in [0.29, 0.717) is 0 Å². The van der Waals surface area contributed by atoms with E-state index >= 15 is 0 Å². The highest BCUT2D eigenvalue weighted by Gasteiger charge is 2.45. The first kappa shape index (κ1) is 12.6. The fraction of sp³-hybridized carbons (Fsp3) is 1.00. The van der Waals surface area contributed by atoms with E-state index in [1.165, 1.54) is 77.3 Å². The maximum atomic E-state index is 3.91. The number of rotatable bonds is 2. The van der Waals surface area contributed by atoms with Crippen LogP contribution in [0.3, 0.4) is 0 Å². The molecule has 2 aliphatic heterocycles. The van der Waals surface area contributed by atoms with Crippen molar-refractivity contribution in [1.29, 1.82) is 0 Å². The van der Waals surface area contributed by atoms with E-state index in [2.05, 4.69) is 10.6 Å². The van der Waals surface area contributed by atoms with Crippen molar-refractivity contribution in [3.05, 3.63) is 0 Å². The van der Waals surface area contributed by atoms with Crippen molar-refractivity contribution in [2.24, 2.45) is 17.3 Å². The van der Waals surface area contributed by atoms with E-state index in [1.807, 2.05) is 0 Å². The van der Waals surface area contributed by atoms with Gasteiger partial charge in [0.25, 0.3) is 0 Å². The van der Waals surface area contributed by atoms with Crippen LogP contribution >= 0.6 is 0 Å². The Labute approximate surface area is 118 Å². The molecule has 0 aromatic heterocycles. The Hall–Kier alpha value is -0.0800. The topological polar surface area (TPSA) is 24.1 Å². The normalized spacial score (nSPS) is 42.6. The third kappa shape index (κ3) is 2.35. The number of hydrogen-bond acceptors (Lipinski definition) is 2. The lowest BCUT2D eigenvalue weighted by Gasteiger charge is -2.39. The predicted molar refractivity (Wildman–Crippen MR) is 79.2 cm³/mol. The largest absolute Gasteiger partial charge is 0.313 e. The van der Waals surface area contributed by atoms with Gasteiger partial charge in [0, 0.05) is 18.6 Å². The molecular weight excluding hydrogens is 232 g/mol. The van der Waals surface area contributed by atoms with Gasteiger partial charge in [0.2, 0.25) is 0 Å². The number of nitrogens with one attached hydrogen (secondary N) is 2. The van der Waals surface area contributed by atoms with Gasteiger partial charge in [0.05, 0.1) is 0 Å². The summed E-state index contributed by atoms with van der Waals surface area (Å²) in [6, 6.07) is 1.69. The van der Waals surface area contributed by atoms with Crippen LogP contribution in [0.1, 0.15) is 64.2 Å². The van der Waals surface area contributed by atoms with Gasteiger partial charge in [-0.15, -0.1) is 0 Å². The number of hydrogen-bond donors (Lipinski definition) is 2. The van der Waals surface area contributed by atoms with Crippen molar-refractivity contribution in [1.82, 2.24) is 10.6 Å². The molecule has 2 nitrogen and oxygen atoms in total. The smallest absolute Gasteiger partial charge is 0.0113 e. The minimum atomic E-state index is 0.743. The molecule has 3 unspecified atom stereocenters. The third-order valence-corrected chi connectivity index (χ3v) is 6.83. The summed E-state index contributed by atoms with van der Waals surface area (Å²) in [5.41, 5.74) is 0.743. The van der Waals surface area contributed by atoms with Gasteiger partial charge in [-0.25, -0.2) is 0 Å². The molecule has 0 aromatic rings. The Bertz CT molecular complexity index is 309. The van der Waals surface area contributed by atoms with E-state index in [9.17, 15) is 0 Å². The van der Waals surface area contributed by atoms with Gasteiger partial charge in [-0.05, 0) is 68.7 Å². The van der Waals surface area contributed by atoms with Crippen molar-refractivity contribution in [3.8, 4) is 0 Å². The molecule has 3 atom stereocenters. The zero-order valence-corrected chi connectivity index (χ0v) is 12.3. The Morgan fingerprint density at radius 2 is 1.58 bits per heavy atom. The van der Waals surface area contributed by atoms with Gasteiger partial charge in [-0.3, -0.25) is 0 Å². The van der Waals surface area contributed by atoms with Gasteiger partial charge in [0.15, 0.2) is 0 Å². The van der Waals surface area contributed by atoms with Gasteiger partial charge in [-0.2, -0.15) is 0 Å². The van der Waals surface area contributed by atoms with Crippen LogP contribution in [-0.2, 0) is 0 Å². The molecule has 0 radical (unpaired) electrons. The summed E-state index contributed by atoms with van der Waals surface area (Å²) < 4.78 is 0. The first-order valence-corrected chi connectivity index (χ1v) is 8.81. The van der Waals surface area contributed by atoms with E-state index in [-0.39, 0.29) is 0 Å². The first-order chi connectivity index (χ1) is 9.35. The van der Waals surface area contributed by atoms with Gasteiger partial charge in [-0.1, -0.05) is 19.3 Å². The van der Waals surface area contributed by atoms with Gasteiger partial charge >= 0.3 is 0 Å². The Morgan fingerprint density at radius 1 is 0.737 bits per heavy atom. The Morgan fingerprint density at radius 3 is 2.16 bits per heavy atom. The second-order valence-electron chi connectivity index (χ2n) is 7.94. The molecule has 19 heavy (non-hydrogen) atoms. The fourth-order valence-corrected chi connectivity index (χ4v) is 5.36. The molecule has 1 spiro atoms. The maximum absolute atomic E-state index is 3.91. The first-order valence-electron chi connectivity index (χ1n) is 8.81. The average molecular weight is 262 g/mol. The van der Waals surface area contributed by atoms with Crippen LogP contribution in [0, 0.1) is 17.3 Å². The zero-order valence-electron chi connectivity index (χ0n) is 12.3. The monoisotopic (exact) mass is 262 g/mol. The van der Waals surface area contributed by atoms with E-state index < -0.39 is 0 Å². The molecule has 4 aliphatic rings. The Balaban J connectivity index is 1.28. The second kappa shape index (κ2) is 5.04. The highest BCUT2D eigenvalue weighted by molar-refractivity contribution is 5.02. The molecule has 4 rings (SSSR count). The van der Waals surface area contributed by atoms with E-state index in [1.54, 1.807) is 0 Å². The molecule has 2 saturated carbocycles. The standard InChI is InChI=1S/C17H30N2/c1-2-5-13(4-1)15-7-6-14(11-18-15)16-10-17(12-19-16)8-3-9-17/h13-16,18-19H,1-12H2. The molecule has 2 heterocycles. The van der Waals surface area contributed by atoms with Gasteiger partial charge in [0.1, 0.15) is 0 Å². The fourth-order valence-electron chi connectivity index (χ4n) is 5.36. The summed E-state index contributed by atoms with van der Waals surface area (Å²) in [6.07, 6.45) is 14.8. The van der Waals surface area contributed by atoms with Crippen LogP contribution in [0.4, 0.5) is 0 Å². The number of piperidine rings is 1. The van der Waals surface area contributed by atoms with Crippen molar-refractivity contribution >= 4 is 0 Å². The summed E-state index contributed by atoms with van der Waals surface area (Å²) >= 11 is 0. The molecule has 0 amide bonds. The molecule has 0 aromatic carbocycles. The third-order valence-electron chi connectivity index (χ3n) is 6.83. The minimum Gasteiger partial charge on any atom is -0.313 e. The molecule has 2 aliphatic carbocycles. The molecular formula is C17H30N2. The van der Waals surface area contributed by atoms with Crippen molar-refractivity contribution in [2.75, 3.05) is 13.1 Å². The summed E-state index contributed by atoms with van der Waals surface area (Å²) in [7, 11) is 0. The van der Waals surface area contributed by atoms with Crippen LogP contribution in [0.25, 0.3) is 0 Å². The molecule has 0 bridgehead atoms. The lowest BCUT2D eigenvalue weighted by Crippen LogP contribution is -2.47. The van der Waals surface area contributed by atoms with E-state index in [0.717, 1.165) is 29.3 Å². The van der Waals surface area contributed by atoms with Crippen molar-refractivity contribution in [2.45, 2.75) is 76.3 Å². The molecule has 4 fully saturated rings. The van der Waals surface area contributed by atoms with Crippen LogP contribution in [-0.4, -0.2) is 25.2 Å². The highest BCUT2D eigenvalue weighted by Crippen LogP contribution is 2.48. The molecule has 2 heteroatoms. The minimum absolute atomic E-state index is 0.743. The van der Waals surface area contributed by atoms with Crippen LogP contribution in [0.15, 0.2) is 0 Å². The predicted octanol–water partition coefficient (Wildman–Crippen LogP) is 3.08. The van der Waals surface area contributed by atoms with Crippen molar-refractivity contribution < 1.29 is 0 Å². The van der Waals surface area contributed by atoms with Crippen LogP contribution < -0.4 is 10.6 Å². The second-order valence-corrected chi connectivity index (χ2v) is 7.94. The van der Waals surface area contributed by atoms with Crippen molar-refractivity contribution in [3.63, 3.8) is 0 Å². The summed E-state index contributed by atoms with van der Waals surface area (Å²) in [4.78, 5) is 0. The lowest BCUT2D eigenvalue weighted by molar-refractivity contribution is 0.147. The lowest BCUT2D eigenvalue weighted by atomic mass is 9.66. The maximum Gasteiger partial charge on any atom is 0.0113 e. The van der Waals surface area contributed by atoms with Crippen LogP contribution in [0.2, 0.25) is 0 Å². The molecule has 2 N–H and O–H groups in total. The molecule has 108 valence electrons.